The molecule has 1 aromatic heterocycles. The molecule has 3 rings (SSSR count). The Labute approximate surface area is 138 Å². The molecule has 5 nitrogen and oxygen atoms in total. The van der Waals surface area contributed by atoms with Crippen LogP contribution in [0, 0.1) is 12.7 Å². The average molecular weight is 325 g/mol. The van der Waals surface area contributed by atoms with Crippen molar-refractivity contribution in [3.8, 4) is 11.5 Å². The number of rotatable bonds is 4. The molecule has 24 heavy (non-hydrogen) atoms. The van der Waals surface area contributed by atoms with Gasteiger partial charge in [-0.2, -0.15) is 4.98 Å². The van der Waals surface area contributed by atoms with Crippen molar-refractivity contribution in [1.29, 1.82) is 0 Å². The third kappa shape index (κ3) is 3.17. The monoisotopic (exact) mass is 325 g/mol. The van der Waals surface area contributed by atoms with E-state index in [4.69, 9.17) is 4.52 Å². The van der Waals surface area contributed by atoms with Gasteiger partial charge in [0.25, 0.3) is 11.8 Å². The summed E-state index contributed by atoms with van der Waals surface area (Å²) >= 11 is 0. The van der Waals surface area contributed by atoms with Crippen molar-refractivity contribution >= 4 is 11.6 Å². The SMILES string of the molecule is CCN(C(=O)c1ccc(-c2nc(C)no2)cc1)c1ccc(F)cc1. The van der Waals surface area contributed by atoms with E-state index in [2.05, 4.69) is 10.1 Å². The number of carbonyl (C=O) groups excluding carboxylic acids is 1. The van der Waals surface area contributed by atoms with Crippen molar-refractivity contribution in [2.45, 2.75) is 13.8 Å². The zero-order valence-electron chi connectivity index (χ0n) is 13.4. The molecule has 0 bridgehead atoms. The number of nitrogens with zero attached hydrogens (tertiary/aromatic N) is 3. The highest BCUT2D eigenvalue weighted by atomic mass is 19.1. The van der Waals surface area contributed by atoms with E-state index in [1.807, 2.05) is 6.92 Å². The molecule has 3 aromatic rings. The molecule has 1 heterocycles. The number of halogens is 1. The van der Waals surface area contributed by atoms with Crippen LogP contribution in [0.25, 0.3) is 11.5 Å². The molecular weight excluding hydrogens is 309 g/mol. The van der Waals surface area contributed by atoms with E-state index in [1.165, 1.54) is 12.1 Å². The predicted octanol–water partition coefficient (Wildman–Crippen LogP) is 3.85. The van der Waals surface area contributed by atoms with Gasteiger partial charge in [-0.05, 0) is 62.4 Å². The lowest BCUT2D eigenvalue weighted by atomic mass is 10.1. The summed E-state index contributed by atoms with van der Waals surface area (Å²) in [5.41, 5.74) is 1.93. The quantitative estimate of drug-likeness (QED) is 0.731. The zero-order valence-corrected chi connectivity index (χ0v) is 13.4. The van der Waals surface area contributed by atoms with Crippen molar-refractivity contribution in [3.63, 3.8) is 0 Å². The highest BCUT2D eigenvalue weighted by Gasteiger charge is 2.16. The van der Waals surface area contributed by atoms with E-state index in [9.17, 15) is 9.18 Å². The van der Waals surface area contributed by atoms with E-state index >= 15 is 0 Å². The highest BCUT2D eigenvalue weighted by molar-refractivity contribution is 6.06. The van der Waals surface area contributed by atoms with E-state index in [1.54, 1.807) is 48.2 Å². The fraction of sp³-hybridized carbons (Fsp3) is 0.167. The minimum absolute atomic E-state index is 0.155. The van der Waals surface area contributed by atoms with Crippen LogP contribution in [0.15, 0.2) is 53.1 Å². The standard InChI is InChI=1S/C18H16FN3O2/c1-3-22(16-10-8-15(19)9-11-16)18(23)14-6-4-13(5-7-14)17-20-12(2)21-24-17/h4-11H,3H2,1-2H3. The van der Waals surface area contributed by atoms with Crippen LogP contribution >= 0.6 is 0 Å². The molecule has 0 spiro atoms. The minimum atomic E-state index is -0.332. The van der Waals surface area contributed by atoms with Crippen LogP contribution in [0.5, 0.6) is 0 Å². The number of aryl methyl sites for hydroxylation is 1. The van der Waals surface area contributed by atoms with Gasteiger partial charge in [-0.3, -0.25) is 4.79 Å². The van der Waals surface area contributed by atoms with E-state index in [0.717, 1.165) is 5.56 Å². The summed E-state index contributed by atoms with van der Waals surface area (Å²) in [6.07, 6.45) is 0. The van der Waals surface area contributed by atoms with Gasteiger partial charge in [-0.1, -0.05) is 5.16 Å². The second-order valence-corrected chi connectivity index (χ2v) is 5.25. The maximum atomic E-state index is 13.1. The largest absolute Gasteiger partial charge is 0.334 e. The minimum Gasteiger partial charge on any atom is -0.334 e. The molecule has 122 valence electrons. The number of hydrogen-bond acceptors (Lipinski definition) is 4. The number of aromatic nitrogens is 2. The van der Waals surface area contributed by atoms with Crippen LogP contribution in [-0.2, 0) is 0 Å². The Hall–Kier alpha value is -3.02. The van der Waals surface area contributed by atoms with E-state index in [0.29, 0.717) is 29.5 Å². The number of carbonyl (C=O) groups is 1. The molecule has 0 unspecified atom stereocenters. The number of anilines is 1. The predicted molar refractivity (Wildman–Crippen MR) is 88.2 cm³/mol. The van der Waals surface area contributed by atoms with Gasteiger partial charge in [-0.15, -0.1) is 0 Å². The highest BCUT2D eigenvalue weighted by Crippen LogP contribution is 2.21. The normalized spacial score (nSPS) is 10.6. The van der Waals surface area contributed by atoms with Crippen molar-refractivity contribution in [3.05, 3.63) is 65.7 Å². The first kappa shape index (κ1) is 15.9. The fourth-order valence-corrected chi connectivity index (χ4v) is 2.39. The Kier molecular flexibility index (Phi) is 4.37. The molecule has 2 aromatic carbocycles. The Morgan fingerprint density at radius 2 is 1.79 bits per heavy atom. The molecular formula is C18H16FN3O2. The lowest BCUT2D eigenvalue weighted by molar-refractivity contribution is 0.0988. The zero-order chi connectivity index (χ0) is 17.1. The van der Waals surface area contributed by atoms with Gasteiger partial charge in [0, 0.05) is 23.4 Å². The number of amides is 1. The maximum absolute atomic E-state index is 13.1. The molecule has 0 aliphatic carbocycles. The Balaban J connectivity index is 1.84. The summed E-state index contributed by atoms with van der Waals surface area (Å²) in [4.78, 5) is 18.4. The van der Waals surface area contributed by atoms with Gasteiger partial charge in [0.15, 0.2) is 5.82 Å². The van der Waals surface area contributed by atoms with Gasteiger partial charge < -0.3 is 9.42 Å². The summed E-state index contributed by atoms with van der Waals surface area (Å²) in [7, 11) is 0. The molecule has 0 N–H and O–H groups in total. The summed E-state index contributed by atoms with van der Waals surface area (Å²) in [5, 5.41) is 3.75. The van der Waals surface area contributed by atoms with Gasteiger partial charge in [-0.25, -0.2) is 4.39 Å². The van der Waals surface area contributed by atoms with Crippen molar-refractivity contribution in [2.24, 2.45) is 0 Å². The molecule has 0 fully saturated rings. The second-order valence-electron chi connectivity index (χ2n) is 5.25. The van der Waals surface area contributed by atoms with Crippen LogP contribution in [0.1, 0.15) is 23.1 Å². The first-order valence-corrected chi connectivity index (χ1v) is 7.56. The van der Waals surface area contributed by atoms with Crippen LogP contribution in [-0.4, -0.2) is 22.6 Å². The van der Waals surface area contributed by atoms with Crippen molar-refractivity contribution in [1.82, 2.24) is 10.1 Å². The molecule has 0 aliphatic rings. The topological polar surface area (TPSA) is 59.2 Å². The van der Waals surface area contributed by atoms with Crippen LogP contribution in [0.4, 0.5) is 10.1 Å². The number of hydrogen-bond donors (Lipinski definition) is 0. The number of benzene rings is 2. The fourth-order valence-electron chi connectivity index (χ4n) is 2.39. The Morgan fingerprint density at radius 3 is 2.33 bits per heavy atom. The summed E-state index contributed by atoms with van der Waals surface area (Å²) in [6.45, 7) is 4.10. The van der Waals surface area contributed by atoms with Crippen molar-refractivity contribution < 1.29 is 13.7 Å². The van der Waals surface area contributed by atoms with Crippen molar-refractivity contribution in [2.75, 3.05) is 11.4 Å². The Bertz CT molecular complexity index is 841. The van der Waals surface area contributed by atoms with Gasteiger partial charge >= 0.3 is 0 Å². The van der Waals surface area contributed by atoms with Crippen LogP contribution < -0.4 is 4.90 Å². The van der Waals surface area contributed by atoms with E-state index < -0.39 is 0 Å². The molecule has 0 saturated heterocycles. The third-order valence-electron chi connectivity index (χ3n) is 3.61. The maximum Gasteiger partial charge on any atom is 0.258 e. The molecule has 1 amide bonds. The van der Waals surface area contributed by atoms with Crippen LogP contribution in [0.3, 0.4) is 0 Å². The van der Waals surface area contributed by atoms with Gasteiger partial charge in [0.1, 0.15) is 5.82 Å². The first-order valence-electron chi connectivity index (χ1n) is 7.56. The van der Waals surface area contributed by atoms with Gasteiger partial charge in [0.2, 0.25) is 0 Å². The summed E-state index contributed by atoms with van der Waals surface area (Å²) < 4.78 is 18.2. The van der Waals surface area contributed by atoms with E-state index in [-0.39, 0.29) is 11.7 Å². The second kappa shape index (κ2) is 6.62. The Morgan fingerprint density at radius 1 is 1.12 bits per heavy atom. The molecule has 0 saturated carbocycles. The van der Waals surface area contributed by atoms with Crippen LogP contribution in [0.2, 0.25) is 0 Å². The molecule has 0 atom stereocenters. The summed E-state index contributed by atoms with van der Waals surface area (Å²) in [5.74, 6) is 0.481. The smallest absolute Gasteiger partial charge is 0.258 e. The summed E-state index contributed by atoms with van der Waals surface area (Å²) in [6, 6.07) is 12.8. The van der Waals surface area contributed by atoms with Gasteiger partial charge in [0.05, 0.1) is 0 Å². The molecule has 6 heteroatoms. The third-order valence-corrected chi connectivity index (χ3v) is 3.61. The first-order chi connectivity index (χ1) is 11.6. The molecule has 0 aliphatic heterocycles. The average Bonchev–Trinajstić information content (AvgIpc) is 3.04. The lowest BCUT2D eigenvalue weighted by Crippen LogP contribution is -2.30. The lowest BCUT2D eigenvalue weighted by Gasteiger charge is -2.21. The molecule has 0 radical (unpaired) electrons.